The number of hydrogen-bond acceptors (Lipinski definition) is 2. The van der Waals surface area contributed by atoms with Gasteiger partial charge in [0.05, 0.1) is 0 Å². The predicted molar refractivity (Wildman–Crippen MR) is 89.7 cm³/mol. The van der Waals surface area contributed by atoms with E-state index in [9.17, 15) is 4.79 Å². The summed E-state index contributed by atoms with van der Waals surface area (Å²) < 4.78 is 2.05. The van der Waals surface area contributed by atoms with Gasteiger partial charge in [-0.05, 0) is 37.8 Å². The Bertz CT molecular complexity index is 653. The molecule has 1 aliphatic carbocycles. The molecule has 3 rings (SSSR count). The molecule has 4 heteroatoms. The third kappa shape index (κ3) is 3.33. The molecule has 1 amide bonds. The summed E-state index contributed by atoms with van der Waals surface area (Å²) in [5.41, 5.74) is 8.28. The van der Waals surface area contributed by atoms with Gasteiger partial charge in [-0.2, -0.15) is 0 Å². The fourth-order valence-corrected chi connectivity index (χ4v) is 3.46. The maximum Gasteiger partial charge on any atom is 0.240 e. The number of nitrogens with one attached hydrogen (secondary N) is 1. The molecule has 1 aromatic heterocycles. The molecule has 1 unspecified atom stereocenters. The zero-order chi connectivity index (χ0) is 15.5. The molecule has 1 aromatic carbocycles. The quantitative estimate of drug-likeness (QED) is 0.891. The third-order valence-electron chi connectivity index (χ3n) is 4.45. The van der Waals surface area contributed by atoms with E-state index in [4.69, 9.17) is 5.73 Å². The van der Waals surface area contributed by atoms with Crippen molar-refractivity contribution in [3.8, 4) is 0 Å². The lowest BCUT2D eigenvalue weighted by molar-refractivity contribution is -0.122. The average molecular weight is 299 g/mol. The third-order valence-corrected chi connectivity index (χ3v) is 4.45. The van der Waals surface area contributed by atoms with Gasteiger partial charge >= 0.3 is 0 Å². The van der Waals surface area contributed by atoms with Crippen molar-refractivity contribution in [1.82, 2.24) is 9.88 Å². The summed E-state index contributed by atoms with van der Waals surface area (Å²) in [4.78, 5) is 12.3. The number of rotatable bonds is 5. The average Bonchev–Trinajstić information content (AvgIpc) is 3.08. The summed E-state index contributed by atoms with van der Waals surface area (Å²) in [6, 6.07) is 8.73. The minimum Gasteiger partial charge on any atom is -0.352 e. The molecular weight excluding hydrogens is 274 g/mol. The first-order valence-electron chi connectivity index (χ1n) is 8.25. The van der Waals surface area contributed by atoms with E-state index in [-0.39, 0.29) is 11.9 Å². The summed E-state index contributed by atoms with van der Waals surface area (Å²) in [6.07, 6.45) is 7.62. The smallest absolute Gasteiger partial charge is 0.240 e. The molecule has 0 spiro atoms. The number of benzene rings is 1. The van der Waals surface area contributed by atoms with Crippen LogP contribution in [0.15, 0.2) is 30.5 Å². The molecular formula is C18H25N3O. The van der Waals surface area contributed by atoms with Gasteiger partial charge < -0.3 is 15.6 Å². The minimum absolute atomic E-state index is 0.111. The maximum atomic E-state index is 12.3. The van der Waals surface area contributed by atoms with Crippen molar-refractivity contribution < 1.29 is 4.79 Å². The molecule has 1 heterocycles. The Kier molecular flexibility index (Phi) is 4.48. The Balaban J connectivity index is 1.79. The highest BCUT2D eigenvalue weighted by Crippen LogP contribution is 2.23. The predicted octanol–water partition coefficient (Wildman–Crippen LogP) is 2.59. The lowest BCUT2D eigenvalue weighted by Crippen LogP contribution is -2.35. The van der Waals surface area contributed by atoms with Crippen LogP contribution in [0.4, 0.5) is 0 Å². The van der Waals surface area contributed by atoms with E-state index in [0.717, 1.165) is 24.8 Å². The number of nitrogens with zero attached hydrogens (tertiary/aromatic N) is 1. The van der Waals surface area contributed by atoms with Gasteiger partial charge in [-0.15, -0.1) is 0 Å². The Morgan fingerprint density at radius 3 is 2.82 bits per heavy atom. The second kappa shape index (κ2) is 6.53. The molecule has 118 valence electrons. The first-order valence-corrected chi connectivity index (χ1v) is 8.25. The van der Waals surface area contributed by atoms with E-state index in [0.29, 0.717) is 12.6 Å². The van der Waals surface area contributed by atoms with Crippen molar-refractivity contribution in [3.63, 3.8) is 0 Å². The molecule has 3 N–H and O–H groups in total. The number of fused-ring (bicyclic) bond motifs is 1. The molecule has 0 bridgehead atoms. The molecule has 22 heavy (non-hydrogen) atoms. The first kappa shape index (κ1) is 15.1. The summed E-state index contributed by atoms with van der Waals surface area (Å²) >= 11 is 0. The van der Waals surface area contributed by atoms with Gasteiger partial charge in [0.25, 0.3) is 0 Å². The molecule has 0 saturated heterocycles. The van der Waals surface area contributed by atoms with Crippen molar-refractivity contribution in [1.29, 1.82) is 0 Å². The van der Waals surface area contributed by atoms with Crippen molar-refractivity contribution in [2.24, 2.45) is 5.73 Å². The number of carbonyl (C=O) groups excluding carboxylic acids is 1. The van der Waals surface area contributed by atoms with Crippen molar-refractivity contribution >= 4 is 16.8 Å². The van der Waals surface area contributed by atoms with Gasteiger partial charge in [0.1, 0.15) is 6.54 Å². The van der Waals surface area contributed by atoms with Crippen LogP contribution in [-0.4, -0.2) is 22.6 Å². The molecule has 1 atom stereocenters. The van der Waals surface area contributed by atoms with E-state index in [2.05, 4.69) is 28.2 Å². The first-order chi connectivity index (χ1) is 10.6. The van der Waals surface area contributed by atoms with Crippen molar-refractivity contribution in [3.05, 3.63) is 36.0 Å². The minimum atomic E-state index is 0.111. The molecule has 0 radical (unpaired) electrons. The summed E-state index contributed by atoms with van der Waals surface area (Å²) in [6.45, 7) is 2.40. The molecule has 2 aromatic rings. The molecule has 1 saturated carbocycles. The Labute approximate surface area is 131 Å². The maximum absolute atomic E-state index is 12.3. The monoisotopic (exact) mass is 299 g/mol. The molecule has 0 aliphatic heterocycles. The van der Waals surface area contributed by atoms with E-state index >= 15 is 0 Å². The van der Waals surface area contributed by atoms with Crippen LogP contribution < -0.4 is 11.1 Å². The van der Waals surface area contributed by atoms with Gasteiger partial charge in [-0.1, -0.05) is 31.0 Å². The van der Waals surface area contributed by atoms with Crippen LogP contribution >= 0.6 is 0 Å². The molecule has 1 aliphatic rings. The van der Waals surface area contributed by atoms with Crippen LogP contribution in [0.5, 0.6) is 0 Å². The van der Waals surface area contributed by atoms with Gasteiger partial charge in [0.2, 0.25) is 5.91 Å². The van der Waals surface area contributed by atoms with Crippen LogP contribution in [0.3, 0.4) is 0 Å². The van der Waals surface area contributed by atoms with Crippen molar-refractivity contribution in [2.75, 3.05) is 0 Å². The van der Waals surface area contributed by atoms with E-state index in [1.807, 2.05) is 19.1 Å². The van der Waals surface area contributed by atoms with Crippen LogP contribution in [0.2, 0.25) is 0 Å². The van der Waals surface area contributed by atoms with E-state index < -0.39 is 0 Å². The number of para-hydroxylation sites is 1. The molecule has 4 nitrogen and oxygen atoms in total. The van der Waals surface area contributed by atoms with Crippen LogP contribution in [0.25, 0.3) is 10.9 Å². The summed E-state index contributed by atoms with van der Waals surface area (Å²) in [5, 5.41) is 4.36. The number of aromatic nitrogens is 1. The summed E-state index contributed by atoms with van der Waals surface area (Å²) in [7, 11) is 0. The number of amides is 1. The fraction of sp³-hybridized carbons (Fsp3) is 0.500. The standard InChI is InChI=1S/C18H25N3O/c1-13(19)10-14-11-21(17-9-5-4-8-16(14)17)12-18(22)20-15-6-2-3-7-15/h4-5,8-9,11,13,15H,2-3,6-7,10,12,19H2,1H3,(H,20,22). The second-order valence-electron chi connectivity index (χ2n) is 6.53. The highest BCUT2D eigenvalue weighted by Gasteiger charge is 2.18. The zero-order valence-corrected chi connectivity index (χ0v) is 13.2. The highest BCUT2D eigenvalue weighted by atomic mass is 16.2. The van der Waals surface area contributed by atoms with Crippen LogP contribution in [0.1, 0.15) is 38.2 Å². The Morgan fingerprint density at radius 2 is 2.09 bits per heavy atom. The lowest BCUT2D eigenvalue weighted by atomic mass is 10.1. The van der Waals surface area contributed by atoms with Crippen LogP contribution in [-0.2, 0) is 17.8 Å². The zero-order valence-electron chi connectivity index (χ0n) is 13.2. The Morgan fingerprint density at radius 1 is 1.36 bits per heavy atom. The summed E-state index contributed by atoms with van der Waals surface area (Å²) in [5.74, 6) is 0.111. The number of nitrogens with two attached hydrogens (primary N) is 1. The van der Waals surface area contributed by atoms with Crippen molar-refractivity contribution in [2.45, 2.75) is 57.7 Å². The largest absolute Gasteiger partial charge is 0.352 e. The van der Waals surface area contributed by atoms with Crippen LogP contribution in [0, 0.1) is 0 Å². The van der Waals surface area contributed by atoms with Gasteiger partial charge in [0.15, 0.2) is 0 Å². The topological polar surface area (TPSA) is 60.0 Å². The number of hydrogen-bond donors (Lipinski definition) is 2. The van der Waals surface area contributed by atoms with E-state index in [1.165, 1.54) is 23.8 Å². The van der Waals surface area contributed by atoms with Gasteiger partial charge in [-0.25, -0.2) is 0 Å². The normalized spacial score (nSPS) is 17.0. The highest BCUT2D eigenvalue weighted by molar-refractivity contribution is 5.86. The fourth-order valence-electron chi connectivity index (χ4n) is 3.46. The Hall–Kier alpha value is -1.81. The van der Waals surface area contributed by atoms with Gasteiger partial charge in [0, 0.05) is 29.2 Å². The second-order valence-corrected chi connectivity index (χ2v) is 6.53. The van der Waals surface area contributed by atoms with E-state index in [1.54, 1.807) is 0 Å². The lowest BCUT2D eigenvalue weighted by Gasteiger charge is -2.12. The van der Waals surface area contributed by atoms with Gasteiger partial charge in [-0.3, -0.25) is 4.79 Å². The molecule has 1 fully saturated rings. The SMILES string of the molecule is CC(N)Cc1cn(CC(=O)NC2CCCC2)c2ccccc12. The number of carbonyl (C=O) groups is 1.